The molecule has 5 rings (SSSR count). The molecule has 156 valence electrons. The molecule has 0 amide bonds. The summed E-state index contributed by atoms with van der Waals surface area (Å²) in [6.07, 6.45) is 12.5. The number of allylic oxidation sites excluding steroid dienone is 4. The number of hydrogen-bond donors (Lipinski definition) is 0. The Hall–Kier alpha value is -1.21. The van der Waals surface area contributed by atoms with Crippen molar-refractivity contribution in [2.24, 2.45) is 5.41 Å². The monoisotopic (exact) mass is 564 g/mol. The summed E-state index contributed by atoms with van der Waals surface area (Å²) in [6.45, 7) is 7.49. The molecular formula is C29H36Hf. The third kappa shape index (κ3) is 3.19. The molecule has 3 aliphatic rings. The molecule has 2 aromatic rings. The fourth-order valence-electron chi connectivity index (χ4n) is 6.92. The Morgan fingerprint density at radius 1 is 0.967 bits per heavy atom. The molecule has 1 heteroatoms. The summed E-state index contributed by atoms with van der Waals surface area (Å²) in [5, 5.41) is 0. The third-order valence-corrected chi connectivity index (χ3v) is 29.8. The Labute approximate surface area is 187 Å². The van der Waals surface area contributed by atoms with E-state index in [1.807, 2.05) is 0 Å². The van der Waals surface area contributed by atoms with Crippen molar-refractivity contribution in [1.29, 1.82) is 0 Å². The molecule has 1 aliphatic heterocycles. The molecule has 0 spiro atoms. The van der Waals surface area contributed by atoms with Gasteiger partial charge in [-0.05, 0) is 0 Å². The van der Waals surface area contributed by atoms with E-state index in [1.54, 1.807) is 29.2 Å². The third-order valence-electron chi connectivity index (χ3n) is 8.72. The molecule has 0 bridgehead atoms. The molecule has 0 aromatic heterocycles. The van der Waals surface area contributed by atoms with Crippen LogP contribution in [0.5, 0.6) is 0 Å². The fourth-order valence-corrected chi connectivity index (χ4v) is 35.0. The summed E-state index contributed by atoms with van der Waals surface area (Å²) >= 11 is -2.21. The molecule has 30 heavy (non-hydrogen) atoms. The van der Waals surface area contributed by atoms with E-state index in [9.17, 15) is 0 Å². The minimum atomic E-state index is -2.21. The molecule has 3 atom stereocenters. The number of hydrogen-bond acceptors (Lipinski definition) is 0. The second-order valence-corrected chi connectivity index (χ2v) is 28.1. The van der Waals surface area contributed by atoms with Crippen LogP contribution in [0.1, 0.15) is 63.5 Å². The van der Waals surface area contributed by atoms with Crippen molar-refractivity contribution in [1.82, 2.24) is 0 Å². The van der Waals surface area contributed by atoms with Gasteiger partial charge in [-0.2, -0.15) is 0 Å². The first-order chi connectivity index (χ1) is 14.6. The van der Waals surface area contributed by atoms with Gasteiger partial charge in [0.1, 0.15) is 0 Å². The second kappa shape index (κ2) is 8.05. The van der Waals surface area contributed by atoms with Gasteiger partial charge in [-0.15, -0.1) is 0 Å². The second-order valence-electron chi connectivity index (χ2n) is 10.2. The van der Waals surface area contributed by atoms with Gasteiger partial charge in [-0.25, -0.2) is 0 Å². The Balaban J connectivity index is 1.67. The van der Waals surface area contributed by atoms with Gasteiger partial charge in [-0.1, -0.05) is 0 Å². The number of benzene rings is 2. The van der Waals surface area contributed by atoms with Crippen LogP contribution in [-0.2, 0) is 20.0 Å². The van der Waals surface area contributed by atoms with E-state index in [0.29, 0.717) is 11.3 Å². The maximum atomic E-state index is 2.61. The van der Waals surface area contributed by atoms with Crippen LogP contribution in [-0.4, -0.2) is 0 Å². The molecule has 2 aliphatic carbocycles. The molecular weight excluding hydrogens is 527 g/mol. The zero-order chi connectivity index (χ0) is 20.8. The molecule has 3 unspecified atom stereocenters. The molecule has 1 heterocycles. The maximum absolute atomic E-state index is 2.61. The molecule has 0 saturated carbocycles. The Bertz CT molecular complexity index is 953. The summed E-state index contributed by atoms with van der Waals surface area (Å²) < 4.78 is 5.93. The SMILES string of the molecule is CCC[CH2][Hf]1([CH2]C(CC)(C2=CC=CC2)C2c3ccccc3-c3ccccc32)[CH2][CH]1C. The zero-order valence-electron chi connectivity index (χ0n) is 19.0. The van der Waals surface area contributed by atoms with E-state index >= 15 is 0 Å². The first-order valence-corrected chi connectivity index (χ1v) is 21.9. The summed E-state index contributed by atoms with van der Waals surface area (Å²) in [6, 6.07) is 18.6. The van der Waals surface area contributed by atoms with E-state index < -0.39 is 20.0 Å². The van der Waals surface area contributed by atoms with Crippen LogP contribution in [0.25, 0.3) is 11.1 Å². The average molecular weight is 563 g/mol. The number of fused-ring (bicyclic) bond motifs is 3. The molecule has 1 fully saturated rings. The minimum absolute atomic E-state index is 0.312. The van der Waals surface area contributed by atoms with E-state index in [4.69, 9.17) is 0 Å². The van der Waals surface area contributed by atoms with Gasteiger partial charge in [0.15, 0.2) is 0 Å². The van der Waals surface area contributed by atoms with Gasteiger partial charge in [0.2, 0.25) is 0 Å². The Morgan fingerprint density at radius 3 is 2.10 bits per heavy atom. The molecule has 0 nitrogen and oxygen atoms in total. The van der Waals surface area contributed by atoms with Crippen molar-refractivity contribution < 1.29 is 20.0 Å². The van der Waals surface area contributed by atoms with Crippen molar-refractivity contribution in [3.8, 4) is 11.1 Å². The van der Waals surface area contributed by atoms with E-state index in [1.165, 1.54) is 36.8 Å². The van der Waals surface area contributed by atoms with Gasteiger partial charge < -0.3 is 0 Å². The predicted octanol–water partition coefficient (Wildman–Crippen LogP) is 9.11. The van der Waals surface area contributed by atoms with Gasteiger partial charge >= 0.3 is 189 Å². The summed E-state index contributed by atoms with van der Waals surface area (Å²) in [7, 11) is 0. The van der Waals surface area contributed by atoms with Crippen LogP contribution in [0.2, 0.25) is 16.2 Å². The van der Waals surface area contributed by atoms with Crippen LogP contribution in [0.15, 0.2) is 72.3 Å². The Kier molecular flexibility index (Phi) is 5.55. The normalized spacial score (nSPS) is 26.2. The molecule has 0 radical (unpaired) electrons. The van der Waals surface area contributed by atoms with Gasteiger partial charge in [-0.3, -0.25) is 0 Å². The fraction of sp³-hybridized carbons (Fsp3) is 0.448. The average Bonchev–Trinajstić information content (AvgIpc) is 3.16. The molecule has 2 aromatic carbocycles. The number of rotatable bonds is 8. The summed E-state index contributed by atoms with van der Waals surface area (Å²) in [5.74, 6) is 0.535. The van der Waals surface area contributed by atoms with E-state index in [2.05, 4.69) is 87.5 Å². The van der Waals surface area contributed by atoms with Crippen LogP contribution in [0.4, 0.5) is 0 Å². The van der Waals surface area contributed by atoms with Crippen molar-refractivity contribution in [3.05, 3.63) is 83.5 Å². The van der Waals surface area contributed by atoms with E-state index in [-0.39, 0.29) is 0 Å². The Morgan fingerprint density at radius 2 is 1.60 bits per heavy atom. The van der Waals surface area contributed by atoms with Gasteiger partial charge in [0.05, 0.1) is 0 Å². The van der Waals surface area contributed by atoms with Crippen molar-refractivity contribution in [2.45, 2.75) is 68.6 Å². The molecule has 1 saturated heterocycles. The van der Waals surface area contributed by atoms with Crippen molar-refractivity contribution in [3.63, 3.8) is 0 Å². The standard InChI is InChI=1S/C22H21.C4H9.C3H6.Hf/c1-3-22(2,16-10-4-5-11-16)21-19-14-8-6-12-17(19)18-13-7-9-15-20(18)21;1-3-4-2;1-3-2;/h4-10,12-15,21H,2-3,11H2,1H3;1,3-4H2,2H3;3H,1H2,2H3;. The predicted molar refractivity (Wildman–Crippen MR) is 127 cm³/mol. The van der Waals surface area contributed by atoms with Crippen LogP contribution in [0.3, 0.4) is 0 Å². The van der Waals surface area contributed by atoms with E-state index in [0.717, 1.165) is 3.67 Å². The van der Waals surface area contributed by atoms with Crippen molar-refractivity contribution in [2.75, 3.05) is 0 Å². The van der Waals surface area contributed by atoms with Crippen LogP contribution in [0, 0.1) is 5.41 Å². The molecule has 0 N–H and O–H groups in total. The summed E-state index contributed by atoms with van der Waals surface area (Å²) in [5.41, 5.74) is 8.22. The van der Waals surface area contributed by atoms with Gasteiger partial charge in [0.25, 0.3) is 0 Å². The van der Waals surface area contributed by atoms with Crippen LogP contribution >= 0.6 is 0 Å². The van der Waals surface area contributed by atoms with Crippen molar-refractivity contribution >= 4 is 0 Å². The number of unbranched alkanes of at least 4 members (excludes halogenated alkanes) is 1. The zero-order valence-corrected chi connectivity index (χ0v) is 22.5. The van der Waals surface area contributed by atoms with Crippen LogP contribution < -0.4 is 0 Å². The van der Waals surface area contributed by atoms with Gasteiger partial charge in [0, 0.05) is 0 Å². The quantitative estimate of drug-likeness (QED) is 0.281. The summed E-state index contributed by atoms with van der Waals surface area (Å²) in [4.78, 5) is 0. The first kappa shape index (κ1) is 20.7. The first-order valence-electron chi connectivity index (χ1n) is 12.2. The topological polar surface area (TPSA) is 0 Å².